The van der Waals surface area contributed by atoms with Crippen LogP contribution in [0.1, 0.15) is 19.3 Å². The third-order valence-electron chi connectivity index (χ3n) is 2.66. The van der Waals surface area contributed by atoms with E-state index >= 15 is 0 Å². The zero-order valence-corrected chi connectivity index (χ0v) is 6.75. The molecule has 0 spiro atoms. The van der Waals surface area contributed by atoms with Gasteiger partial charge in [-0.2, -0.15) is 0 Å². The SMILES string of the molecule is CN1C[C@@H]2CCC[C@H]2OC1=O. The minimum atomic E-state index is -0.145. The Kier molecular flexibility index (Phi) is 1.51. The molecule has 2 rings (SSSR count). The van der Waals surface area contributed by atoms with Gasteiger partial charge in [0, 0.05) is 19.5 Å². The third kappa shape index (κ3) is 1.08. The summed E-state index contributed by atoms with van der Waals surface area (Å²) >= 11 is 0. The highest BCUT2D eigenvalue weighted by molar-refractivity contribution is 5.68. The maximum atomic E-state index is 11.0. The number of fused-ring (bicyclic) bond motifs is 1. The Bertz CT molecular complexity index is 181. The van der Waals surface area contributed by atoms with Crippen LogP contribution in [0, 0.1) is 5.92 Å². The summed E-state index contributed by atoms with van der Waals surface area (Å²) < 4.78 is 5.21. The standard InChI is InChI=1S/C8H13NO2/c1-9-5-6-3-2-4-7(6)11-8(9)10/h6-7H,2-5H2,1H3/t6-,7+/m0/s1. The van der Waals surface area contributed by atoms with Gasteiger partial charge < -0.3 is 9.64 Å². The van der Waals surface area contributed by atoms with Gasteiger partial charge >= 0.3 is 6.09 Å². The molecule has 1 saturated carbocycles. The molecule has 0 aromatic heterocycles. The summed E-state index contributed by atoms with van der Waals surface area (Å²) in [6.07, 6.45) is 3.61. The Hall–Kier alpha value is -0.730. The van der Waals surface area contributed by atoms with Crippen molar-refractivity contribution in [2.45, 2.75) is 25.4 Å². The van der Waals surface area contributed by atoms with E-state index < -0.39 is 0 Å². The van der Waals surface area contributed by atoms with E-state index in [9.17, 15) is 4.79 Å². The van der Waals surface area contributed by atoms with Gasteiger partial charge in [-0.3, -0.25) is 0 Å². The molecule has 1 heterocycles. The molecule has 1 aliphatic carbocycles. The smallest absolute Gasteiger partial charge is 0.409 e. The lowest BCUT2D eigenvalue weighted by molar-refractivity contribution is 0.0100. The average molecular weight is 155 g/mol. The van der Waals surface area contributed by atoms with Crippen molar-refractivity contribution >= 4 is 6.09 Å². The molecule has 3 nitrogen and oxygen atoms in total. The Morgan fingerprint density at radius 3 is 3.18 bits per heavy atom. The highest BCUT2D eigenvalue weighted by atomic mass is 16.6. The molecule has 2 fully saturated rings. The van der Waals surface area contributed by atoms with Gasteiger partial charge in [0.2, 0.25) is 0 Å². The van der Waals surface area contributed by atoms with Crippen molar-refractivity contribution < 1.29 is 9.53 Å². The van der Waals surface area contributed by atoms with Crippen LogP contribution in [0.15, 0.2) is 0 Å². The van der Waals surface area contributed by atoms with Crippen LogP contribution in [-0.4, -0.2) is 30.7 Å². The largest absolute Gasteiger partial charge is 0.446 e. The fourth-order valence-corrected chi connectivity index (χ4v) is 2.01. The zero-order chi connectivity index (χ0) is 7.84. The van der Waals surface area contributed by atoms with Crippen molar-refractivity contribution in [3.8, 4) is 0 Å². The minimum Gasteiger partial charge on any atom is -0.446 e. The summed E-state index contributed by atoms with van der Waals surface area (Å²) in [5.74, 6) is 0.609. The molecule has 0 N–H and O–H groups in total. The fourth-order valence-electron chi connectivity index (χ4n) is 2.01. The molecule has 1 amide bonds. The highest BCUT2D eigenvalue weighted by Gasteiger charge is 2.36. The van der Waals surface area contributed by atoms with Crippen LogP contribution in [0.3, 0.4) is 0 Å². The van der Waals surface area contributed by atoms with Gasteiger partial charge in [0.25, 0.3) is 0 Å². The predicted molar refractivity (Wildman–Crippen MR) is 40.2 cm³/mol. The number of carbonyl (C=O) groups is 1. The van der Waals surface area contributed by atoms with E-state index in [0.29, 0.717) is 5.92 Å². The normalized spacial score (nSPS) is 36.8. The topological polar surface area (TPSA) is 29.5 Å². The van der Waals surface area contributed by atoms with Crippen molar-refractivity contribution in [3.05, 3.63) is 0 Å². The molecule has 62 valence electrons. The fraction of sp³-hybridized carbons (Fsp3) is 0.875. The lowest BCUT2D eigenvalue weighted by atomic mass is 10.0. The number of carbonyl (C=O) groups excluding carboxylic acids is 1. The van der Waals surface area contributed by atoms with Crippen LogP contribution in [0.5, 0.6) is 0 Å². The van der Waals surface area contributed by atoms with E-state index in [1.165, 1.54) is 12.8 Å². The van der Waals surface area contributed by atoms with Crippen LogP contribution < -0.4 is 0 Å². The number of ether oxygens (including phenoxy) is 1. The van der Waals surface area contributed by atoms with Crippen LogP contribution in [-0.2, 0) is 4.74 Å². The predicted octanol–water partition coefficient (Wildman–Crippen LogP) is 1.24. The average Bonchev–Trinajstić information content (AvgIpc) is 2.36. The molecule has 0 aromatic rings. The molecule has 0 unspecified atom stereocenters. The quantitative estimate of drug-likeness (QED) is 0.526. The van der Waals surface area contributed by atoms with Crippen LogP contribution in [0.2, 0.25) is 0 Å². The number of amides is 1. The third-order valence-corrected chi connectivity index (χ3v) is 2.66. The first kappa shape index (κ1) is 6.95. The van der Waals surface area contributed by atoms with Crippen molar-refractivity contribution in [2.24, 2.45) is 5.92 Å². The molecular formula is C8H13NO2. The van der Waals surface area contributed by atoms with E-state index in [2.05, 4.69) is 0 Å². The van der Waals surface area contributed by atoms with Crippen molar-refractivity contribution in [2.75, 3.05) is 13.6 Å². The summed E-state index contributed by atoms with van der Waals surface area (Å²) in [4.78, 5) is 12.7. The van der Waals surface area contributed by atoms with Crippen LogP contribution >= 0.6 is 0 Å². The summed E-state index contributed by atoms with van der Waals surface area (Å²) in [5, 5.41) is 0. The molecule has 0 aromatic carbocycles. The van der Waals surface area contributed by atoms with Gasteiger partial charge in [0.1, 0.15) is 6.10 Å². The maximum absolute atomic E-state index is 11.0. The van der Waals surface area contributed by atoms with E-state index in [1.54, 1.807) is 11.9 Å². The van der Waals surface area contributed by atoms with Gasteiger partial charge in [-0.05, 0) is 19.3 Å². The molecule has 3 heteroatoms. The second-order valence-electron chi connectivity index (χ2n) is 3.49. The Morgan fingerprint density at radius 2 is 2.36 bits per heavy atom. The zero-order valence-electron chi connectivity index (χ0n) is 6.75. The maximum Gasteiger partial charge on any atom is 0.409 e. The lowest BCUT2D eigenvalue weighted by Gasteiger charge is -2.31. The summed E-state index contributed by atoms with van der Waals surface area (Å²) in [5.41, 5.74) is 0. The molecule has 0 bridgehead atoms. The Labute approximate surface area is 66.3 Å². The molecule has 2 aliphatic rings. The molecule has 1 aliphatic heterocycles. The first-order valence-electron chi connectivity index (χ1n) is 4.19. The van der Waals surface area contributed by atoms with Crippen molar-refractivity contribution in [1.82, 2.24) is 4.90 Å². The molecular weight excluding hydrogens is 142 g/mol. The number of nitrogens with zero attached hydrogens (tertiary/aromatic N) is 1. The van der Waals surface area contributed by atoms with Gasteiger partial charge in [-0.25, -0.2) is 4.79 Å². The molecule has 1 saturated heterocycles. The van der Waals surface area contributed by atoms with Gasteiger partial charge in [0.05, 0.1) is 0 Å². The summed E-state index contributed by atoms with van der Waals surface area (Å²) in [6, 6.07) is 0. The minimum absolute atomic E-state index is 0.145. The molecule has 2 atom stereocenters. The first-order valence-corrected chi connectivity index (χ1v) is 4.19. The lowest BCUT2D eigenvalue weighted by Crippen LogP contribution is -2.43. The summed E-state index contributed by atoms with van der Waals surface area (Å²) in [7, 11) is 1.80. The van der Waals surface area contributed by atoms with Gasteiger partial charge in [-0.1, -0.05) is 0 Å². The van der Waals surface area contributed by atoms with Gasteiger partial charge in [-0.15, -0.1) is 0 Å². The van der Waals surface area contributed by atoms with E-state index in [-0.39, 0.29) is 12.2 Å². The summed E-state index contributed by atoms with van der Waals surface area (Å²) in [6.45, 7) is 0.892. The Morgan fingerprint density at radius 1 is 1.55 bits per heavy atom. The monoisotopic (exact) mass is 155 g/mol. The first-order chi connectivity index (χ1) is 5.27. The molecule has 0 radical (unpaired) electrons. The van der Waals surface area contributed by atoms with E-state index in [1.807, 2.05) is 0 Å². The van der Waals surface area contributed by atoms with Crippen molar-refractivity contribution in [1.29, 1.82) is 0 Å². The molecule has 11 heavy (non-hydrogen) atoms. The van der Waals surface area contributed by atoms with E-state index in [0.717, 1.165) is 13.0 Å². The van der Waals surface area contributed by atoms with Crippen LogP contribution in [0.25, 0.3) is 0 Å². The van der Waals surface area contributed by atoms with Crippen LogP contribution in [0.4, 0.5) is 4.79 Å². The number of hydrogen-bond acceptors (Lipinski definition) is 2. The van der Waals surface area contributed by atoms with E-state index in [4.69, 9.17) is 4.74 Å². The van der Waals surface area contributed by atoms with Gasteiger partial charge in [0.15, 0.2) is 0 Å². The number of rotatable bonds is 0. The second kappa shape index (κ2) is 2.40. The number of hydrogen-bond donors (Lipinski definition) is 0. The van der Waals surface area contributed by atoms with Crippen molar-refractivity contribution in [3.63, 3.8) is 0 Å². The highest BCUT2D eigenvalue weighted by Crippen LogP contribution is 2.32. The second-order valence-corrected chi connectivity index (χ2v) is 3.49. The Balaban J connectivity index is 2.06.